The standard InChI is InChI=1S/C14H17N5O2/c1-9-3-6-18(11(7-9)12(15)20)14(21)10-8-17-19-5-2-4-16-13(10)19/h2,4-5,8-9,11H,3,6-7H2,1H3,(H2,15,20). The highest BCUT2D eigenvalue weighted by molar-refractivity contribution is 6.01. The normalized spacial score (nSPS) is 22.4. The van der Waals surface area contributed by atoms with Crippen molar-refractivity contribution in [3.05, 3.63) is 30.2 Å². The Morgan fingerprint density at radius 1 is 1.43 bits per heavy atom. The fourth-order valence-corrected chi connectivity index (χ4v) is 2.79. The van der Waals surface area contributed by atoms with E-state index in [1.807, 2.05) is 0 Å². The first-order chi connectivity index (χ1) is 10.1. The van der Waals surface area contributed by atoms with Crippen LogP contribution in [0.15, 0.2) is 24.7 Å². The number of primary amides is 1. The molecule has 0 saturated carbocycles. The molecule has 3 heterocycles. The molecule has 2 amide bonds. The molecule has 2 unspecified atom stereocenters. The number of likely N-dealkylation sites (tertiary alicyclic amines) is 1. The van der Waals surface area contributed by atoms with Crippen LogP contribution in [0.5, 0.6) is 0 Å². The second kappa shape index (κ2) is 5.16. The number of hydrogen-bond donors (Lipinski definition) is 1. The molecule has 1 saturated heterocycles. The van der Waals surface area contributed by atoms with Gasteiger partial charge in [-0.05, 0) is 24.8 Å². The number of hydrogen-bond acceptors (Lipinski definition) is 4. The van der Waals surface area contributed by atoms with Crippen molar-refractivity contribution in [2.75, 3.05) is 6.54 Å². The van der Waals surface area contributed by atoms with Gasteiger partial charge in [0.05, 0.1) is 6.20 Å². The number of carbonyl (C=O) groups excluding carboxylic acids is 2. The summed E-state index contributed by atoms with van der Waals surface area (Å²) in [6.45, 7) is 2.59. The van der Waals surface area contributed by atoms with Gasteiger partial charge in [0.25, 0.3) is 5.91 Å². The molecule has 21 heavy (non-hydrogen) atoms. The van der Waals surface area contributed by atoms with Crippen LogP contribution in [0, 0.1) is 5.92 Å². The molecule has 1 aliphatic rings. The Kier molecular flexibility index (Phi) is 3.32. The summed E-state index contributed by atoms with van der Waals surface area (Å²) in [7, 11) is 0. The van der Waals surface area contributed by atoms with E-state index in [2.05, 4.69) is 17.0 Å². The number of amides is 2. The van der Waals surface area contributed by atoms with E-state index >= 15 is 0 Å². The topological polar surface area (TPSA) is 93.6 Å². The summed E-state index contributed by atoms with van der Waals surface area (Å²) >= 11 is 0. The molecule has 110 valence electrons. The van der Waals surface area contributed by atoms with Gasteiger partial charge in [-0.25, -0.2) is 9.50 Å². The highest BCUT2D eigenvalue weighted by Crippen LogP contribution is 2.24. The summed E-state index contributed by atoms with van der Waals surface area (Å²) < 4.78 is 1.54. The number of nitrogens with zero attached hydrogens (tertiary/aromatic N) is 4. The Bertz CT molecular complexity index is 695. The molecule has 3 rings (SSSR count). The van der Waals surface area contributed by atoms with Crippen molar-refractivity contribution in [3.8, 4) is 0 Å². The van der Waals surface area contributed by atoms with E-state index in [9.17, 15) is 9.59 Å². The fraction of sp³-hybridized carbons (Fsp3) is 0.429. The molecular formula is C14H17N5O2. The van der Waals surface area contributed by atoms with Gasteiger partial charge in [0.15, 0.2) is 5.65 Å². The molecule has 2 aromatic heterocycles. The molecule has 2 N–H and O–H groups in total. The monoisotopic (exact) mass is 287 g/mol. The zero-order chi connectivity index (χ0) is 15.0. The van der Waals surface area contributed by atoms with Gasteiger partial charge < -0.3 is 10.6 Å². The SMILES string of the molecule is CC1CCN(C(=O)c2cnn3cccnc23)C(C(N)=O)C1. The lowest BCUT2D eigenvalue weighted by atomic mass is 9.91. The summed E-state index contributed by atoms with van der Waals surface area (Å²) in [6, 6.07) is 1.18. The predicted octanol–water partition coefficient (Wildman–Crippen LogP) is 0.455. The second-order valence-electron chi connectivity index (χ2n) is 5.49. The van der Waals surface area contributed by atoms with Gasteiger partial charge >= 0.3 is 0 Å². The zero-order valence-electron chi connectivity index (χ0n) is 11.8. The molecule has 2 atom stereocenters. The van der Waals surface area contributed by atoms with Gasteiger partial charge in [0.1, 0.15) is 11.6 Å². The molecule has 7 nitrogen and oxygen atoms in total. The van der Waals surface area contributed by atoms with Crippen molar-refractivity contribution in [3.63, 3.8) is 0 Å². The Morgan fingerprint density at radius 3 is 3.00 bits per heavy atom. The summed E-state index contributed by atoms with van der Waals surface area (Å²) in [4.78, 5) is 30.1. The molecule has 1 fully saturated rings. The molecule has 0 bridgehead atoms. The van der Waals surface area contributed by atoms with Gasteiger partial charge in [0.2, 0.25) is 5.91 Å². The predicted molar refractivity (Wildman–Crippen MR) is 75.4 cm³/mol. The molecule has 7 heteroatoms. The first-order valence-corrected chi connectivity index (χ1v) is 6.96. The van der Waals surface area contributed by atoms with E-state index in [1.54, 1.807) is 27.9 Å². The number of piperidine rings is 1. The molecule has 0 aliphatic carbocycles. The minimum atomic E-state index is -0.556. The quantitative estimate of drug-likeness (QED) is 0.868. The van der Waals surface area contributed by atoms with Gasteiger partial charge in [-0.3, -0.25) is 9.59 Å². The van der Waals surface area contributed by atoms with E-state index in [0.717, 1.165) is 6.42 Å². The maximum absolute atomic E-state index is 12.7. The Hall–Kier alpha value is -2.44. The molecule has 0 spiro atoms. The van der Waals surface area contributed by atoms with Gasteiger partial charge in [0, 0.05) is 18.9 Å². The minimum absolute atomic E-state index is 0.237. The van der Waals surface area contributed by atoms with Crippen molar-refractivity contribution in [2.45, 2.75) is 25.8 Å². The van der Waals surface area contributed by atoms with Crippen LogP contribution in [0.3, 0.4) is 0 Å². The van der Waals surface area contributed by atoms with Gasteiger partial charge in [-0.1, -0.05) is 6.92 Å². The van der Waals surface area contributed by atoms with Crippen LogP contribution in [0.1, 0.15) is 30.1 Å². The van der Waals surface area contributed by atoms with Crippen molar-refractivity contribution in [1.82, 2.24) is 19.5 Å². The summed E-state index contributed by atoms with van der Waals surface area (Å²) in [5.74, 6) is -0.313. The number of nitrogens with two attached hydrogens (primary N) is 1. The fourth-order valence-electron chi connectivity index (χ4n) is 2.79. The third kappa shape index (κ3) is 2.35. The van der Waals surface area contributed by atoms with Crippen LogP contribution in [-0.4, -0.2) is 43.9 Å². The highest BCUT2D eigenvalue weighted by atomic mass is 16.2. The smallest absolute Gasteiger partial charge is 0.260 e. The average molecular weight is 287 g/mol. The summed E-state index contributed by atoms with van der Waals surface area (Å²) in [6.07, 6.45) is 6.29. The van der Waals surface area contributed by atoms with Crippen LogP contribution in [0.2, 0.25) is 0 Å². The molecular weight excluding hydrogens is 270 g/mol. The molecule has 1 aliphatic heterocycles. The van der Waals surface area contributed by atoms with Gasteiger partial charge in [-0.2, -0.15) is 5.10 Å². The van der Waals surface area contributed by atoms with Gasteiger partial charge in [-0.15, -0.1) is 0 Å². The lowest BCUT2D eigenvalue weighted by Crippen LogP contribution is -2.52. The van der Waals surface area contributed by atoms with E-state index in [1.165, 1.54) is 6.20 Å². The minimum Gasteiger partial charge on any atom is -0.368 e. The Morgan fingerprint density at radius 2 is 2.24 bits per heavy atom. The van der Waals surface area contributed by atoms with Crippen molar-refractivity contribution < 1.29 is 9.59 Å². The Balaban J connectivity index is 1.95. The van der Waals surface area contributed by atoms with E-state index in [0.29, 0.717) is 30.1 Å². The van der Waals surface area contributed by atoms with Crippen molar-refractivity contribution in [2.24, 2.45) is 11.7 Å². The lowest BCUT2D eigenvalue weighted by Gasteiger charge is -2.36. The van der Waals surface area contributed by atoms with Crippen LogP contribution >= 0.6 is 0 Å². The molecule has 0 radical (unpaired) electrons. The number of rotatable bonds is 2. The number of carbonyl (C=O) groups is 2. The second-order valence-corrected chi connectivity index (χ2v) is 5.49. The van der Waals surface area contributed by atoms with Crippen LogP contribution in [0.25, 0.3) is 5.65 Å². The first-order valence-electron chi connectivity index (χ1n) is 6.96. The zero-order valence-corrected chi connectivity index (χ0v) is 11.8. The molecule has 0 aromatic carbocycles. The summed E-state index contributed by atoms with van der Waals surface area (Å²) in [5.41, 5.74) is 6.34. The van der Waals surface area contributed by atoms with E-state index < -0.39 is 11.9 Å². The first kappa shape index (κ1) is 13.5. The largest absolute Gasteiger partial charge is 0.368 e. The average Bonchev–Trinajstić information content (AvgIpc) is 2.90. The number of aromatic nitrogens is 3. The van der Waals surface area contributed by atoms with E-state index in [4.69, 9.17) is 5.73 Å². The van der Waals surface area contributed by atoms with Crippen LogP contribution in [0.4, 0.5) is 0 Å². The maximum Gasteiger partial charge on any atom is 0.260 e. The number of fused-ring (bicyclic) bond motifs is 1. The third-order valence-electron chi connectivity index (χ3n) is 3.96. The molecule has 2 aromatic rings. The van der Waals surface area contributed by atoms with Crippen molar-refractivity contribution >= 4 is 17.5 Å². The van der Waals surface area contributed by atoms with Crippen molar-refractivity contribution in [1.29, 1.82) is 0 Å². The highest BCUT2D eigenvalue weighted by Gasteiger charge is 2.35. The lowest BCUT2D eigenvalue weighted by molar-refractivity contribution is -0.124. The maximum atomic E-state index is 12.7. The summed E-state index contributed by atoms with van der Waals surface area (Å²) in [5, 5.41) is 4.11. The van der Waals surface area contributed by atoms with Crippen LogP contribution in [-0.2, 0) is 4.79 Å². The van der Waals surface area contributed by atoms with E-state index in [-0.39, 0.29) is 5.91 Å². The third-order valence-corrected chi connectivity index (χ3v) is 3.96. The Labute approximate surface area is 121 Å². The van der Waals surface area contributed by atoms with Crippen LogP contribution < -0.4 is 5.73 Å².